The van der Waals surface area contributed by atoms with Crippen LogP contribution < -0.4 is 10.6 Å². The fourth-order valence-electron chi connectivity index (χ4n) is 2.83. The van der Waals surface area contributed by atoms with Gasteiger partial charge < -0.3 is 10.6 Å². The van der Waals surface area contributed by atoms with Gasteiger partial charge in [-0.2, -0.15) is 0 Å². The van der Waals surface area contributed by atoms with Crippen molar-refractivity contribution in [2.45, 2.75) is 57.9 Å². The molecule has 2 N–H and O–H groups in total. The number of carbonyl (C=O) groups is 1. The van der Waals surface area contributed by atoms with Crippen LogP contribution in [0.1, 0.15) is 60.7 Å². The number of hydrogen-bond donors (Lipinski definition) is 2. The first-order valence-corrected chi connectivity index (χ1v) is 8.77. The van der Waals surface area contributed by atoms with Gasteiger partial charge in [-0.15, -0.1) is 23.7 Å². The molecule has 1 aromatic heterocycles. The number of carbonyl (C=O) groups excluding carboxylic acids is 1. The lowest BCUT2D eigenvalue weighted by Gasteiger charge is -2.16. The van der Waals surface area contributed by atoms with Gasteiger partial charge in [0, 0.05) is 19.1 Å². The predicted octanol–water partition coefficient (Wildman–Crippen LogP) is 3.77. The molecule has 1 saturated carbocycles. The maximum Gasteiger partial charge on any atom is 0.261 e. The summed E-state index contributed by atoms with van der Waals surface area (Å²) in [5.74, 6) is 0.0829. The van der Waals surface area contributed by atoms with Crippen molar-refractivity contribution in [3.8, 4) is 0 Å². The molecule has 1 aliphatic carbocycles. The molecule has 0 radical (unpaired) electrons. The molecule has 21 heavy (non-hydrogen) atoms. The van der Waals surface area contributed by atoms with Crippen LogP contribution in [-0.4, -0.2) is 25.0 Å². The zero-order valence-electron chi connectivity index (χ0n) is 12.8. The summed E-state index contributed by atoms with van der Waals surface area (Å²) in [5.41, 5.74) is 1.16. The number of aryl methyl sites for hydroxylation is 1. The Morgan fingerprint density at radius 3 is 2.62 bits per heavy atom. The average Bonchev–Trinajstić information content (AvgIpc) is 2.80. The van der Waals surface area contributed by atoms with E-state index in [0.717, 1.165) is 30.0 Å². The van der Waals surface area contributed by atoms with Crippen molar-refractivity contribution in [3.05, 3.63) is 21.9 Å². The first-order valence-electron chi connectivity index (χ1n) is 7.89. The maximum absolute atomic E-state index is 12.1. The Bertz CT molecular complexity index is 414. The summed E-state index contributed by atoms with van der Waals surface area (Å²) in [6.45, 7) is 3.69. The molecule has 1 aromatic rings. The number of nitrogens with one attached hydrogen (secondary N) is 2. The van der Waals surface area contributed by atoms with Crippen LogP contribution in [-0.2, 0) is 6.42 Å². The summed E-state index contributed by atoms with van der Waals surface area (Å²) >= 11 is 1.54. The molecule has 120 valence electrons. The molecule has 0 unspecified atom stereocenters. The zero-order valence-corrected chi connectivity index (χ0v) is 14.5. The second-order valence-corrected chi connectivity index (χ2v) is 6.44. The fraction of sp³-hybridized carbons (Fsp3) is 0.688. The van der Waals surface area contributed by atoms with Crippen LogP contribution in [0.15, 0.2) is 11.4 Å². The lowest BCUT2D eigenvalue weighted by Crippen LogP contribution is -2.36. The molecule has 0 bridgehead atoms. The Balaban J connectivity index is 0.00000220. The van der Waals surface area contributed by atoms with Gasteiger partial charge in [-0.3, -0.25) is 4.79 Å². The van der Waals surface area contributed by atoms with E-state index < -0.39 is 0 Å². The van der Waals surface area contributed by atoms with Gasteiger partial charge in [0.15, 0.2) is 0 Å². The van der Waals surface area contributed by atoms with Crippen LogP contribution in [0.25, 0.3) is 0 Å². The van der Waals surface area contributed by atoms with Crippen molar-refractivity contribution < 1.29 is 4.79 Å². The van der Waals surface area contributed by atoms with Crippen molar-refractivity contribution in [1.82, 2.24) is 10.6 Å². The second-order valence-electron chi connectivity index (χ2n) is 5.53. The second kappa shape index (κ2) is 10.2. The molecule has 0 atom stereocenters. The van der Waals surface area contributed by atoms with Gasteiger partial charge in [0.2, 0.25) is 0 Å². The minimum absolute atomic E-state index is 0. The van der Waals surface area contributed by atoms with E-state index in [0.29, 0.717) is 6.04 Å². The highest BCUT2D eigenvalue weighted by Crippen LogP contribution is 2.17. The minimum Gasteiger partial charge on any atom is -0.350 e. The Labute approximate surface area is 138 Å². The van der Waals surface area contributed by atoms with E-state index in [2.05, 4.69) is 17.6 Å². The number of amides is 1. The van der Waals surface area contributed by atoms with Gasteiger partial charge in [-0.1, -0.05) is 32.6 Å². The molecule has 1 heterocycles. The van der Waals surface area contributed by atoms with Gasteiger partial charge in [-0.05, 0) is 36.3 Å². The monoisotopic (exact) mass is 330 g/mol. The summed E-state index contributed by atoms with van der Waals surface area (Å²) in [5, 5.41) is 8.60. The summed E-state index contributed by atoms with van der Waals surface area (Å²) < 4.78 is 0. The third kappa shape index (κ3) is 5.97. The molecule has 0 spiro atoms. The molecular formula is C16H27ClN2OS. The third-order valence-corrected chi connectivity index (χ3v) is 4.99. The van der Waals surface area contributed by atoms with Crippen molar-refractivity contribution in [2.75, 3.05) is 13.1 Å². The van der Waals surface area contributed by atoms with E-state index in [1.807, 2.05) is 11.4 Å². The molecule has 0 saturated heterocycles. The van der Waals surface area contributed by atoms with Crippen LogP contribution in [0.4, 0.5) is 0 Å². The number of thiophene rings is 1. The average molecular weight is 331 g/mol. The van der Waals surface area contributed by atoms with Crippen molar-refractivity contribution >= 4 is 29.7 Å². The first kappa shape index (κ1) is 18.5. The smallest absolute Gasteiger partial charge is 0.261 e. The lowest BCUT2D eigenvalue weighted by molar-refractivity contribution is 0.0956. The van der Waals surface area contributed by atoms with Gasteiger partial charge in [-0.25, -0.2) is 0 Å². The van der Waals surface area contributed by atoms with E-state index >= 15 is 0 Å². The Hall–Kier alpha value is -0.580. The predicted molar refractivity (Wildman–Crippen MR) is 92.8 cm³/mol. The Kier molecular flexibility index (Phi) is 8.97. The summed E-state index contributed by atoms with van der Waals surface area (Å²) in [7, 11) is 0. The highest BCUT2D eigenvalue weighted by atomic mass is 35.5. The molecular weight excluding hydrogens is 304 g/mol. The van der Waals surface area contributed by atoms with Crippen LogP contribution in [0.3, 0.4) is 0 Å². The molecule has 5 heteroatoms. The number of halogens is 1. The van der Waals surface area contributed by atoms with Gasteiger partial charge in [0.05, 0.1) is 4.88 Å². The van der Waals surface area contributed by atoms with E-state index in [1.165, 1.54) is 49.9 Å². The normalized spacial score (nSPS) is 16.0. The molecule has 2 rings (SSSR count). The van der Waals surface area contributed by atoms with Crippen molar-refractivity contribution in [2.24, 2.45) is 0 Å². The number of hydrogen-bond acceptors (Lipinski definition) is 3. The molecule has 3 nitrogen and oxygen atoms in total. The summed E-state index contributed by atoms with van der Waals surface area (Å²) in [4.78, 5) is 12.9. The SMILES string of the molecule is CCc1ccsc1C(=O)NCCNC1CCCCCC1.Cl. The van der Waals surface area contributed by atoms with Gasteiger partial charge in [0.1, 0.15) is 0 Å². The van der Waals surface area contributed by atoms with Crippen LogP contribution in [0.5, 0.6) is 0 Å². The van der Waals surface area contributed by atoms with Crippen molar-refractivity contribution in [1.29, 1.82) is 0 Å². The molecule has 1 aliphatic rings. The maximum atomic E-state index is 12.1. The highest BCUT2D eigenvalue weighted by molar-refractivity contribution is 7.12. The minimum atomic E-state index is 0. The van der Waals surface area contributed by atoms with E-state index in [9.17, 15) is 4.79 Å². The van der Waals surface area contributed by atoms with E-state index in [-0.39, 0.29) is 18.3 Å². The standard InChI is InChI=1S/C16H26N2OS.ClH/c1-2-13-9-12-20-15(13)16(19)18-11-10-17-14-7-5-3-4-6-8-14;/h9,12,14,17H,2-8,10-11H2,1H3,(H,18,19);1H. The molecule has 0 aliphatic heterocycles. The molecule has 1 fully saturated rings. The summed E-state index contributed by atoms with van der Waals surface area (Å²) in [6, 6.07) is 2.70. The highest BCUT2D eigenvalue weighted by Gasteiger charge is 2.13. The van der Waals surface area contributed by atoms with E-state index in [1.54, 1.807) is 0 Å². The largest absolute Gasteiger partial charge is 0.350 e. The quantitative estimate of drug-likeness (QED) is 0.615. The first-order chi connectivity index (χ1) is 9.81. The topological polar surface area (TPSA) is 41.1 Å². The molecule has 1 amide bonds. The van der Waals surface area contributed by atoms with E-state index in [4.69, 9.17) is 0 Å². The number of rotatable bonds is 6. The van der Waals surface area contributed by atoms with Gasteiger partial charge >= 0.3 is 0 Å². The fourth-order valence-corrected chi connectivity index (χ4v) is 3.74. The molecule has 0 aromatic carbocycles. The van der Waals surface area contributed by atoms with Gasteiger partial charge in [0.25, 0.3) is 5.91 Å². The zero-order chi connectivity index (χ0) is 14.2. The Morgan fingerprint density at radius 2 is 1.95 bits per heavy atom. The summed E-state index contributed by atoms with van der Waals surface area (Å²) in [6.07, 6.45) is 8.96. The van der Waals surface area contributed by atoms with Crippen LogP contribution in [0.2, 0.25) is 0 Å². The van der Waals surface area contributed by atoms with Crippen LogP contribution in [0, 0.1) is 0 Å². The van der Waals surface area contributed by atoms with Crippen LogP contribution >= 0.6 is 23.7 Å². The van der Waals surface area contributed by atoms with Crippen molar-refractivity contribution in [3.63, 3.8) is 0 Å². The third-order valence-electron chi connectivity index (χ3n) is 4.03. The Morgan fingerprint density at radius 1 is 1.24 bits per heavy atom. The lowest BCUT2D eigenvalue weighted by atomic mass is 10.1.